The van der Waals surface area contributed by atoms with Gasteiger partial charge in [-0.2, -0.15) is 0 Å². The molecule has 0 radical (unpaired) electrons. The molecular weight excluding hydrogens is 319 g/mol. The van der Waals surface area contributed by atoms with Crippen molar-refractivity contribution in [2.24, 2.45) is 5.92 Å². The van der Waals surface area contributed by atoms with Crippen LogP contribution in [0, 0.1) is 11.7 Å². The Bertz CT molecular complexity index is 832. The number of nitrogens with zero attached hydrogens (tertiary/aromatic N) is 2. The largest absolute Gasteiger partial charge is 0.310 e. The van der Waals surface area contributed by atoms with Crippen molar-refractivity contribution in [2.45, 2.75) is 19.3 Å². The average molecular weight is 338 g/mol. The maximum atomic E-state index is 13.5. The highest BCUT2D eigenvalue weighted by atomic mass is 19.1. The first kappa shape index (κ1) is 15.8. The van der Waals surface area contributed by atoms with Crippen molar-refractivity contribution in [1.29, 1.82) is 0 Å². The summed E-state index contributed by atoms with van der Waals surface area (Å²) in [4.78, 5) is 29.1. The minimum absolute atomic E-state index is 0.124. The van der Waals surface area contributed by atoms with Gasteiger partial charge < -0.3 is 9.80 Å². The molecule has 5 heteroatoms. The third-order valence-electron chi connectivity index (χ3n) is 4.74. The van der Waals surface area contributed by atoms with E-state index in [1.807, 2.05) is 29.2 Å². The van der Waals surface area contributed by atoms with Crippen molar-refractivity contribution in [3.05, 3.63) is 59.9 Å². The lowest BCUT2D eigenvalue weighted by Gasteiger charge is -2.25. The second-order valence-corrected chi connectivity index (χ2v) is 6.57. The zero-order valence-electron chi connectivity index (χ0n) is 13.8. The summed E-state index contributed by atoms with van der Waals surface area (Å²) in [7, 11) is 0. The molecule has 0 aromatic heterocycles. The molecule has 1 saturated carbocycles. The van der Waals surface area contributed by atoms with Crippen LogP contribution < -0.4 is 9.80 Å². The Kier molecular flexibility index (Phi) is 3.99. The Labute approximate surface area is 145 Å². The minimum atomic E-state index is -0.431. The molecular formula is C20H19FN2O2. The predicted molar refractivity (Wildman–Crippen MR) is 94.2 cm³/mol. The van der Waals surface area contributed by atoms with Crippen molar-refractivity contribution < 1.29 is 14.0 Å². The Morgan fingerprint density at radius 3 is 2.28 bits per heavy atom. The lowest BCUT2D eigenvalue weighted by molar-refractivity contribution is -0.119. The molecule has 0 bridgehead atoms. The summed E-state index contributed by atoms with van der Waals surface area (Å²) in [6.45, 7) is 1.10. The molecule has 1 heterocycles. The van der Waals surface area contributed by atoms with Gasteiger partial charge in [0.05, 0.1) is 11.4 Å². The molecule has 0 atom stereocenters. The maximum absolute atomic E-state index is 13.5. The summed E-state index contributed by atoms with van der Waals surface area (Å²) < 4.78 is 13.5. The van der Waals surface area contributed by atoms with Gasteiger partial charge in [0, 0.05) is 24.6 Å². The molecule has 2 amide bonds. The monoisotopic (exact) mass is 338 g/mol. The summed E-state index contributed by atoms with van der Waals surface area (Å²) in [6, 6.07) is 13.2. The number of carbonyl (C=O) groups excluding carboxylic acids is 2. The van der Waals surface area contributed by atoms with Gasteiger partial charge in [0.2, 0.25) is 5.91 Å². The number of hydrogen-bond acceptors (Lipinski definition) is 2. The summed E-state index contributed by atoms with van der Waals surface area (Å²) in [5.74, 6) is -0.404. The smallest absolute Gasteiger partial charge is 0.258 e. The Morgan fingerprint density at radius 2 is 1.60 bits per heavy atom. The van der Waals surface area contributed by atoms with Gasteiger partial charge in [0.25, 0.3) is 5.91 Å². The van der Waals surface area contributed by atoms with E-state index in [0.29, 0.717) is 30.8 Å². The highest BCUT2D eigenvalue weighted by Crippen LogP contribution is 2.38. The van der Waals surface area contributed by atoms with Gasteiger partial charge in [-0.3, -0.25) is 9.59 Å². The van der Waals surface area contributed by atoms with E-state index in [9.17, 15) is 14.0 Å². The summed E-state index contributed by atoms with van der Waals surface area (Å²) in [5.41, 5.74) is 1.79. The van der Waals surface area contributed by atoms with Crippen LogP contribution in [0.1, 0.15) is 29.6 Å². The number of anilines is 2. The zero-order valence-corrected chi connectivity index (χ0v) is 13.8. The molecule has 2 aromatic carbocycles. The average Bonchev–Trinajstić information content (AvgIpc) is 3.47. The van der Waals surface area contributed by atoms with E-state index in [-0.39, 0.29) is 17.7 Å². The highest BCUT2D eigenvalue weighted by Gasteiger charge is 2.36. The number of fused-ring (bicyclic) bond motifs is 1. The van der Waals surface area contributed by atoms with Crippen molar-refractivity contribution >= 4 is 23.2 Å². The van der Waals surface area contributed by atoms with Gasteiger partial charge in [-0.05, 0) is 49.6 Å². The van der Waals surface area contributed by atoms with E-state index < -0.39 is 5.82 Å². The van der Waals surface area contributed by atoms with Crippen LogP contribution in [0.4, 0.5) is 15.8 Å². The first-order chi connectivity index (χ1) is 12.1. The molecule has 128 valence electrons. The normalized spacial score (nSPS) is 17.0. The SMILES string of the molecule is O=C(c1cccc(F)c1)N1CCCN(C(=O)C2CC2)c2ccccc21. The fourth-order valence-corrected chi connectivity index (χ4v) is 3.32. The third kappa shape index (κ3) is 3.02. The quantitative estimate of drug-likeness (QED) is 0.839. The molecule has 1 aliphatic heterocycles. The molecule has 4 rings (SSSR count). The van der Waals surface area contributed by atoms with E-state index in [4.69, 9.17) is 0 Å². The number of benzene rings is 2. The molecule has 0 N–H and O–H groups in total. The van der Waals surface area contributed by atoms with E-state index in [1.165, 1.54) is 18.2 Å². The van der Waals surface area contributed by atoms with Crippen molar-refractivity contribution in [1.82, 2.24) is 0 Å². The predicted octanol–water partition coefficient (Wildman–Crippen LogP) is 3.62. The van der Waals surface area contributed by atoms with Crippen LogP contribution in [0.2, 0.25) is 0 Å². The van der Waals surface area contributed by atoms with Crippen LogP contribution in [0.5, 0.6) is 0 Å². The van der Waals surface area contributed by atoms with Crippen LogP contribution >= 0.6 is 0 Å². The standard InChI is InChI=1S/C20H19FN2O2/c21-16-6-3-5-15(13-16)20(25)23-12-4-11-22(19(24)14-9-10-14)17-7-1-2-8-18(17)23/h1-3,5-8,13-14H,4,9-12H2. The Morgan fingerprint density at radius 1 is 0.920 bits per heavy atom. The number of amides is 2. The van der Waals surface area contributed by atoms with Crippen molar-refractivity contribution in [3.8, 4) is 0 Å². The second-order valence-electron chi connectivity index (χ2n) is 6.57. The third-order valence-corrected chi connectivity index (χ3v) is 4.74. The van der Waals surface area contributed by atoms with Crippen LogP contribution in [0.3, 0.4) is 0 Å². The summed E-state index contributed by atoms with van der Waals surface area (Å²) in [5, 5.41) is 0. The van der Waals surface area contributed by atoms with Crippen LogP contribution in [-0.4, -0.2) is 24.9 Å². The summed E-state index contributed by atoms with van der Waals surface area (Å²) in [6.07, 6.45) is 2.58. The van der Waals surface area contributed by atoms with E-state index in [2.05, 4.69) is 0 Å². The van der Waals surface area contributed by atoms with Gasteiger partial charge in [0.15, 0.2) is 0 Å². The van der Waals surface area contributed by atoms with E-state index in [0.717, 1.165) is 18.5 Å². The molecule has 25 heavy (non-hydrogen) atoms. The molecule has 0 spiro atoms. The Hall–Kier alpha value is -2.69. The Balaban J connectivity index is 1.72. The minimum Gasteiger partial charge on any atom is -0.310 e. The van der Waals surface area contributed by atoms with Gasteiger partial charge in [0.1, 0.15) is 5.82 Å². The number of hydrogen-bond donors (Lipinski definition) is 0. The molecule has 2 aliphatic rings. The molecule has 2 aromatic rings. The topological polar surface area (TPSA) is 40.6 Å². The van der Waals surface area contributed by atoms with Crippen LogP contribution in [0.25, 0.3) is 0 Å². The zero-order chi connectivity index (χ0) is 17.4. The van der Waals surface area contributed by atoms with Gasteiger partial charge in [-0.25, -0.2) is 4.39 Å². The molecule has 0 saturated heterocycles. The number of halogens is 1. The van der Waals surface area contributed by atoms with E-state index in [1.54, 1.807) is 11.0 Å². The highest BCUT2D eigenvalue weighted by molar-refractivity contribution is 6.10. The number of carbonyl (C=O) groups is 2. The molecule has 4 nitrogen and oxygen atoms in total. The van der Waals surface area contributed by atoms with Crippen LogP contribution in [-0.2, 0) is 4.79 Å². The first-order valence-electron chi connectivity index (χ1n) is 8.63. The molecule has 0 unspecified atom stereocenters. The van der Waals surface area contributed by atoms with Crippen LogP contribution in [0.15, 0.2) is 48.5 Å². The lowest BCUT2D eigenvalue weighted by atomic mass is 10.1. The molecule has 1 aliphatic carbocycles. The van der Waals surface area contributed by atoms with Gasteiger partial charge >= 0.3 is 0 Å². The number of rotatable bonds is 2. The fourth-order valence-electron chi connectivity index (χ4n) is 3.32. The number of para-hydroxylation sites is 2. The van der Waals surface area contributed by atoms with Crippen molar-refractivity contribution in [2.75, 3.05) is 22.9 Å². The maximum Gasteiger partial charge on any atom is 0.258 e. The second kappa shape index (κ2) is 6.31. The van der Waals surface area contributed by atoms with E-state index >= 15 is 0 Å². The fraction of sp³-hybridized carbons (Fsp3) is 0.300. The van der Waals surface area contributed by atoms with Gasteiger partial charge in [-0.1, -0.05) is 18.2 Å². The molecule has 1 fully saturated rings. The lowest BCUT2D eigenvalue weighted by Crippen LogP contribution is -2.32. The van der Waals surface area contributed by atoms with Gasteiger partial charge in [-0.15, -0.1) is 0 Å². The van der Waals surface area contributed by atoms with Crippen molar-refractivity contribution in [3.63, 3.8) is 0 Å². The first-order valence-corrected chi connectivity index (χ1v) is 8.63. The summed E-state index contributed by atoms with van der Waals surface area (Å²) >= 11 is 0.